The van der Waals surface area contributed by atoms with E-state index in [4.69, 9.17) is 5.73 Å². The molecular formula is C26H49NO. The molecule has 0 amide bonds. The van der Waals surface area contributed by atoms with Crippen molar-refractivity contribution in [3.8, 4) is 0 Å². The van der Waals surface area contributed by atoms with Crippen molar-refractivity contribution in [2.24, 2.45) is 0 Å². The lowest BCUT2D eigenvalue weighted by Gasteiger charge is -2.19. The van der Waals surface area contributed by atoms with Crippen LogP contribution in [0.5, 0.6) is 0 Å². The maximum atomic E-state index is 6.30. The summed E-state index contributed by atoms with van der Waals surface area (Å²) in [5.41, 5.74) is 8.71. The van der Waals surface area contributed by atoms with Gasteiger partial charge in [-0.2, -0.15) is 0 Å². The van der Waals surface area contributed by atoms with Crippen molar-refractivity contribution in [1.29, 1.82) is 0 Å². The Morgan fingerprint density at radius 1 is 0.607 bits per heavy atom. The van der Waals surface area contributed by atoms with Gasteiger partial charge in [0.15, 0.2) is 0 Å². The zero-order chi connectivity index (χ0) is 19.6. The van der Waals surface area contributed by atoms with Gasteiger partial charge in [0.1, 0.15) is 0 Å². The molecule has 0 saturated heterocycles. The molecule has 0 saturated carbocycles. The van der Waals surface area contributed by atoms with E-state index in [-0.39, 0.29) is 5.48 Å². The molecule has 1 atom stereocenters. The molecule has 2 nitrogen and oxygen atoms in total. The number of anilines is 1. The van der Waals surface area contributed by atoms with Crippen molar-refractivity contribution in [3.05, 3.63) is 29.8 Å². The van der Waals surface area contributed by atoms with E-state index in [1.54, 1.807) is 0 Å². The van der Waals surface area contributed by atoms with Crippen LogP contribution in [0.25, 0.3) is 0 Å². The number of nitrogens with two attached hydrogens (primary N) is 1. The van der Waals surface area contributed by atoms with Crippen LogP contribution < -0.4 is 5.73 Å². The Labute approximate surface area is 176 Å². The SMILES string of the molecule is CCCCCCCCCCCC(CCCCCCCC)c1ccccc1N.O. The molecule has 1 aromatic carbocycles. The molecule has 0 radical (unpaired) electrons. The van der Waals surface area contributed by atoms with E-state index in [0.717, 1.165) is 5.69 Å². The van der Waals surface area contributed by atoms with Crippen LogP contribution in [0.15, 0.2) is 24.3 Å². The fraction of sp³-hybridized carbons (Fsp3) is 0.769. The third kappa shape index (κ3) is 13.2. The van der Waals surface area contributed by atoms with Crippen molar-refractivity contribution in [2.75, 3.05) is 5.73 Å². The third-order valence-corrected chi connectivity index (χ3v) is 6.00. The Hall–Kier alpha value is -1.02. The lowest BCUT2D eigenvalue weighted by Crippen LogP contribution is -2.03. The third-order valence-electron chi connectivity index (χ3n) is 6.00. The first-order valence-corrected chi connectivity index (χ1v) is 12.1. The molecule has 0 bridgehead atoms. The summed E-state index contributed by atoms with van der Waals surface area (Å²) in [5, 5.41) is 0. The number of benzene rings is 1. The highest BCUT2D eigenvalue weighted by molar-refractivity contribution is 5.48. The minimum absolute atomic E-state index is 0. The van der Waals surface area contributed by atoms with Crippen LogP contribution >= 0.6 is 0 Å². The van der Waals surface area contributed by atoms with E-state index >= 15 is 0 Å². The summed E-state index contributed by atoms with van der Waals surface area (Å²) in [6.45, 7) is 4.58. The molecule has 0 fully saturated rings. The largest absolute Gasteiger partial charge is 0.412 e. The van der Waals surface area contributed by atoms with Gasteiger partial charge >= 0.3 is 0 Å². The monoisotopic (exact) mass is 391 g/mol. The van der Waals surface area contributed by atoms with Crippen LogP contribution in [0.4, 0.5) is 5.69 Å². The molecule has 0 heterocycles. The molecule has 0 aromatic heterocycles. The predicted molar refractivity (Wildman–Crippen MR) is 127 cm³/mol. The van der Waals surface area contributed by atoms with Gasteiger partial charge in [-0.15, -0.1) is 0 Å². The maximum absolute atomic E-state index is 6.30. The zero-order valence-electron chi connectivity index (χ0n) is 19.0. The minimum Gasteiger partial charge on any atom is -0.412 e. The van der Waals surface area contributed by atoms with Crippen LogP contribution in [0.2, 0.25) is 0 Å². The number of hydrogen-bond donors (Lipinski definition) is 1. The van der Waals surface area contributed by atoms with E-state index in [0.29, 0.717) is 5.92 Å². The average molecular weight is 392 g/mol. The van der Waals surface area contributed by atoms with Crippen LogP contribution in [0, 0.1) is 0 Å². The van der Waals surface area contributed by atoms with Gasteiger partial charge in [0.2, 0.25) is 0 Å². The first-order chi connectivity index (χ1) is 13.3. The van der Waals surface area contributed by atoms with Crippen LogP contribution in [-0.4, -0.2) is 5.48 Å². The normalized spacial score (nSPS) is 11.9. The molecule has 4 N–H and O–H groups in total. The molecule has 0 spiro atoms. The molecule has 0 aliphatic heterocycles. The molecular weight excluding hydrogens is 342 g/mol. The molecule has 1 rings (SSSR count). The number of rotatable bonds is 18. The quantitative estimate of drug-likeness (QED) is 0.199. The predicted octanol–water partition coefficient (Wildman–Crippen LogP) is 8.20. The highest BCUT2D eigenvalue weighted by atomic mass is 16.0. The standard InChI is InChI=1S/C26H47N.H2O/c1-3-5-7-9-11-12-13-15-17-21-24(20-16-14-10-8-6-4-2)25-22-18-19-23-26(25)27;/h18-19,22-24H,3-17,20-21,27H2,1-2H3;1H2. The Balaban J connectivity index is 0.00000729. The summed E-state index contributed by atoms with van der Waals surface area (Å²) in [6, 6.07) is 8.58. The van der Waals surface area contributed by atoms with Crippen molar-refractivity contribution in [2.45, 2.75) is 129 Å². The van der Waals surface area contributed by atoms with Gasteiger partial charge in [-0.25, -0.2) is 0 Å². The lowest BCUT2D eigenvalue weighted by atomic mass is 9.87. The van der Waals surface area contributed by atoms with E-state index in [1.165, 1.54) is 115 Å². The van der Waals surface area contributed by atoms with Gasteiger partial charge in [-0.05, 0) is 30.4 Å². The Morgan fingerprint density at radius 2 is 1.00 bits per heavy atom. The highest BCUT2D eigenvalue weighted by Crippen LogP contribution is 2.32. The first-order valence-electron chi connectivity index (χ1n) is 12.1. The zero-order valence-corrected chi connectivity index (χ0v) is 19.0. The summed E-state index contributed by atoms with van der Waals surface area (Å²) in [6.07, 6.45) is 23.6. The van der Waals surface area contributed by atoms with E-state index in [9.17, 15) is 0 Å². The molecule has 164 valence electrons. The molecule has 2 heteroatoms. The number of para-hydroxylation sites is 1. The van der Waals surface area contributed by atoms with E-state index in [2.05, 4.69) is 38.1 Å². The Kier molecular flexibility index (Phi) is 18.6. The van der Waals surface area contributed by atoms with Crippen molar-refractivity contribution in [1.82, 2.24) is 0 Å². The topological polar surface area (TPSA) is 57.5 Å². The fourth-order valence-corrected chi connectivity index (χ4v) is 4.21. The van der Waals surface area contributed by atoms with Crippen LogP contribution in [0.3, 0.4) is 0 Å². The van der Waals surface area contributed by atoms with Crippen molar-refractivity contribution >= 4 is 5.69 Å². The number of unbranched alkanes of at least 4 members (excludes halogenated alkanes) is 13. The second-order valence-electron chi connectivity index (χ2n) is 8.50. The van der Waals surface area contributed by atoms with Crippen molar-refractivity contribution in [3.63, 3.8) is 0 Å². The summed E-state index contributed by atoms with van der Waals surface area (Å²) < 4.78 is 0. The van der Waals surface area contributed by atoms with Gasteiger partial charge in [-0.3, -0.25) is 0 Å². The fourth-order valence-electron chi connectivity index (χ4n) is 4.21. The van der Waals surface area contributed by atoms with Gasteiger partial charge in [0.25, 0.3) is 0 Å². The van der Waals surface area contributed by atoms with E-state index in [1.807, 2.05) is 0 Å². The Morgan fingerprint density at radius 3 is 1.43 bits per heavy atom. The number of hydrogen-bond acceptors (Lipinski definition) is 1. The maximum Gasteiger partial charge on any atom is 0.0349 e. The first kappa shape index (κ1) is 27.0. The summed E-state index contributed by atoms with van der Waals surface area (Å²) in [5.74, 6) is 0.668. The minimum atomic E-state index is 0. The van der Waals surface area contributed by atoms with Gasteiger partial charge in [0.05, 0.1) is 0 Å². The summed E-state index contributed by atoms with van der Waals surface area (Å²) in [7, 11) is 0. The number of nitrogen functional groups attached to an aromatic ring is 1. The van der Waals surface area contributed by atoms with E-state index < -0.39 is 0 Å². The van der Waals surface area contributed by atoms with Gasteiger partial charge < -0.3 is 11.2 Å². The summed E-state index contributed by atoms with van der Waals surface area (Å²) >= 11 is 0. The molecule has 0 aliphatic carbocycles. The second-order valence-corrected chi connectivity index (χ2v) is 8.50. The van der Waals surface area contributed by atoms with Crippen LogP contribution in [-0.2, 0) is 0 Å². The van der Waals surface area contributed by atoms with Crippen molar-refractivity contribution < 1.29 is 5.48 Å². The second kappa shape index (κ2) is 19.3. The molecule has 1 unspecified atom stereocenters. The highest BCUT2D eigenvalue weighted by Gasteiger charge is 2.13. The lowest BCUT2D eigenvalue weighted by molar-refractivity contribution is 0.485. The van der Waals surface area contributed by atoms with Gasteiger partial charge in [0, 0.05) is 5.69 Å². The smallest absolute Gasteiger partial charge is 0.0349 e. The Bertz CT molecular complexity index is 446. The summed E-state index contributed by atoms with van der Waals surface area (Å²) in [4.78, 5) is 0. The van der Waals surface area contributed by atoms with Gasteiger partial charge in [-0.1, -0.05) is 128 Å². The average Bonchev–Trinajstić information content (AvgIpc) is 2.68. The van der Waals surface area contributed by atoms with Crippen LogP contribution in [0.1, 0.15) is 134 Å². The molecule has 0 aliphatic rings. The molecule has 28 heavy (non-hydrogen) atoms. The molecule has 1 aromatic rings.